The Morgan fingerprint density at radius 1 is 1.26 bits per heavy atom. The third-order valence-corrected chi connectivity index (χ3v) is 4.91. The van der Waals surface area contributed by atoms with Crippen molar-refractivity contribution in [1.82, 2.24) is 9.97 Å². The third kappa shape index (κ3) is 4.28. The Morgan fingerprint density at radius 2 is 2.10 bits per heavy atom. The van der Waals surface area contributed by atoms with Crippen molar-refractivity contribution in [2.45, 2.75) is 19.4 Å². The van der Waals surface area contributed by atoms with Gasteiger partial charge in [0.15, 0.2) is 17.5 Å². The lowest BCUT2D eigenvalue weighted by molar-refractivity contribution is -0.138. The lowest BCUT2D eigenvalue weighted by Crippen LogP contribution is -2.24. The van der Waals surface area contributed by atoms with E-state index in [-0.39, 0.29) is 12.2 Å². The van der Waals surface area contributed by atoms with Gasteiger partial charge in [0, 0.05) is 35.3 Å². The first kappa shape index (κ1) is 20.2. The van der Waals surface area contributed by atoms with E-state index in [2.05, 4.69) is 15.0 Å². The van der Waals surface area contributed by atoms with Gasteiger partial charge < -0.3 is 24.4 Å². The lowest BCUT2D eigenvalue weighted by Gasteiger charge is -2.10. The fourth-order valence-corrected chi connectivity index (χ4v) is 3.32. The predicted molar refractivity (Wildman–Crippen MR) is 114 cm³/mol. The van der Waals surface area contributed by atoms with E-state index >= 15 is 0 Å². The number of benzene rings is 2. The Bertz CT molecular complexity index is 1310. The van der Waals surface area contributed by atoms with Crippen molar-refractivity contribution in [3.05, 3.63) is 71.6 Å². The van der Waals surface area contributed by atoms with E-state index in [4.69, 9.17) is 9.15 Å². The van der Waals surface area contributed by atoms with E-state index in [0.717, 1.165) is 5.56 Å². The standard InChI is InChI=1S/C23H21N3O5/c1-13-3-6-20-16(7-13)17(26-18(23(28)29)9-15-11-24-12-25-15)10-21(31-20)14-4-5-19(27)22(8-14)30-2/h3-8,10-12,18,27H,9H2,1-2H3,(H,24,25)(H,28,29). The van der Waals surface area contributed by atoms with Crippen molar-refractivity contribution in [3.63, 3.8) is 0 Å². The molecule has 0 spiro atoms. The number of aryl methyl sites for hydroxylation is 1. The number of carboxylic acid groups (broad SMARTS) is 1. The number of ether oxygens (including phenoxy) is 1. The number of aromatic amines is 1. The number of aromatic nitrogens is 2. The zero-order valence-electron chi connectivity index (χ0n) is 17.0. The van der Waals surface area contributed by atoms with Crippen LogP contribution in [0.15, 0.2) is 64.4 Å². The average Bonchev–Trinajstić information content (AvgIpc) is 3.27. The highest BCUT2D eigenvalue weighted by Gasteiger charge is 2.18. The molecule has 0 radical (unpaired) electrons. The van der Waals surface area contributed by atoms with Gasteiger partial charge in [0.2, 0.25) is 0 Å². The number of phenolic OH excluding ortho intramolecular Hbond substituents is 1. The molecular weight excluding hydrogens is 398 g/mol. The quantitative estimate of drug-likeness (QED) is 0.440. The first-order chi connectivity index (χ1) is 14.9. The fourth-order valence-electron chi connectivity index (χ4n) is 3.32. The van der Waals surface area contributed by atoms with Gasteiger partial charge in [-0.15, -0.1) is 0 Å². The van der Waals surface area contributed by atoms with Crippen molar-refractivity contribution in [2.75, 3.05) is 7.11 Å². The number of H-pyrrole nitrogens is 1. The van der Waals surface area contributed by atoms with Gasteiger partial charge >= 0.3 is 5.97 Å². The summed E-state index contributed by atoms with van der Waals surface area (Å²) in [7, 11) is 1.47. The smallest absolute Gasteiger partial charge is 0.328 e. The summed E-state index contributed by atoms with van der Waals surface area (Å²) < 4.78 is 11.3. The zero-order chi connectivity index (χ0) is 22.0. The number of imidazole rings is 1. The highest BCUT2D eigenvalue weighted by atomic mass is 16.5. The molecule has 2 aromatic heterocycles. The van der Waals surface area contributed by atoms with Gasteiger partial charge in [-0.05, 0) is 37.3 Å². The van der Waals surface area contributed by atoms with Crippen LogP contribution in [0.2, 0.25) is 0 Å². The molecule has 1 atom stereocenters. The second-order valence-electron chi connectivity index (χ2n) is 7.15. The average molecular weight is 419 g/mol. The Morgan fingerprint density at radius 3 is 2.81 bits per heavy atom. The Kier molecular flexibility index (Phi) is 5.44. The monoisotopic (exact) mass is 419 g/mol. The number of methoxy groups -OCH3 is 1. The zero-order valence-corrected chi connectivity index (χ0v) is 17.0. The number of nitrogens with zero attached hydrogens (tertiary/aromatic N) is 2. The molecule has 0 bridgehead atoms. The summed E-state index contributed by atoms with van der Waals surface area (Å²) in [5.41, 5.74) is 2.91. The number of fused-ring (bicyclic) bond motifs is 1. The molecule has 0 saturated heterocycles. The SMILES string of the molecule is COc1cc(-c2cc(=NC(Cc3cnc[nH]3)C(=O)O)c3cc(C)ccc3o2)ccc1O. The van der Waals surface area contributed by atoms with E-state index in [1.165, 1.54) is 19.5 Å². The Hall–Kier alpha value is -4.07. The maximum Gasteiger partial charge on any atom is 0.328 e. The minimum atomic E-state index is -1.04. The molecule has 2 aromatic carbocycles. The summed E-state index contributed by atoms with van der Waals surface area (Å²) in [5.74, 6) is -0.251. The van der Waals surface area contributed by atoms with Gasteiger partial charge in [-0.3, -0.25) is 4.99 Å². The van der Waals surface area contributed by atoms with Gasteiger partial charge in [-0.1, -0.05) is 11.6 Å². The van der Waals surface area contributed by atoms with E-state index < -0.39 is 12.0 Å². The molecule has 2 heterocycles. The lowest BCUT2D eigenvalue weighted by atomic mass is 10.1. The summed E-state index contributed by atoms with van der Waals surface area (Å²) in [5, 5.41) is 20.9. The van der Waals surface area contributed by atoms with Gasteiger partial charge in [-0.2, -0.15) is 0 Å². The molecule has 0 amide bonds. The van der Waals surface area contributed by atoms with Gasteiger partial charge in [-0.25, -0.2) is 9.78 Å². The van der Waals surface area contributed by atoms with Crippen molar-refractivity contribution in [2.24, 2.45) is 4.99 Å². The van der Waals surface area contributed by atoms with Crippen molar-refractivity contribution >= 4 is 16.9 Å². The molecule has 0 saturated carbocycles. The summed E-state index contributed by atoms with van der Waals surface area (Å²) in [6, 6.07) is 11.2. The van der Waals surface area contributed by atoms with Crippen molar-refractivity contribution in [3.8, 4) is 22.8 Å². The van der Waals surface area contributed by atoms with Crippen LogP contribution in [-0.2, 0) is 11.2 Å². The molecule has 4 aromatic rings. The Balaban J connectivity index is 1.91. The first-order valence-corrected chi connectivity index (χ1v) is 9.60. The van der Waals surface area contributed by atoms with Gasteiger partial charge in [0.05, 0.1) is 18.8 Å². The molecule has 8 nitrogen and oxygen atoms in total. The topological polar surface area (TPSA) is 121 Å². The van der Waals surface area contributed by atoms with E-state index in [9.17, 15) is 15.0 Å². The number of carboxylic acids is 1. The van der Waals surface area contributed by atoms with Crippen LogP contribution in [0.3, 0.4) is 0 Å². The minimum Gasteiger partial charge on any atom is -0.504 e. The second kappa shape index (κ2) is 8.35. The molecular formula is C23H21N3O5. The fraction of sp³-hybridized carbons (Fsp3) is 0.174. The van der Waals surface area contributed by atoms with Gasteiger partial charge in [0.1, 0.15) is 11.3 Å². The van der Waals surface area contributed by atoms with Crippen LogP contribution in [0.4, 0.5) is 0 Å². The maximum atomic E-state index is 11.9. The van der Waals surface area contributed by atoms with Crippen LogP contribution in [0.25, 0.3) is 22.3 Å². The molecule has 0 fully saturated rings. The molecule has 3 N–H and O–H groups in total. The van der Waals surface area contributed by atoms with E-state index in [1.807, 2.05) is 25.1 Å². The maximum absolute atomic E-state index is 11.9. The van der Waals surface area contributed by atoms with Crippen LogP contribution >= 0.6 is 0 Å². The number of carbonyl (C=O) groups is 1. The molecule has 31 heavy (non-hydrogen) atoms. The number of phenols is 1. The summed E-state index contributed by atoms with van der Waals surface area (Å²) in [6.45, 7) is 1.95. The predicted octanol–water partition coefficient (Wildman–Crippen LogP) is 3.44. The van der Waals surface area contributed by atoms with Crippen LogP contribution < -0.4 is 10.1 Å². The Labute approximate surface area is 177 Å². The summed E-state index contributed by atoms with van der Waals surface area (Å²) in [6.07, 6.45) is 3.27. The first-order valence-electron chi connectivity index (χ1n) is 9.60. The second-order valence-corrected chi connectivity index (χ2v) is 7.15. The summed E-state index contributed by atoms with van der Waals surface area (Å²) in [4.78, 5) is 23.3. The normalized spacial score (nSPS) is 12.8. The highest BCUT2D eigenvalue weighted by molar-refractivity contribution is 5.80. The molecule has 0 aliphatic carbocycles. The van der Waals surface area contributed by atoms with Crippen LogP contribution in [-0.4, -0.2) is 39.3 Å². The van der Waals surface area contributed by atoms with Crippen LogP contribution in [0, 0.1) is 6.92 Å². The summed E-state index contributed by atoms with van der Waals surface area (Å²) >= 11 is 0. The highest BCUT2D eigenvalue weighted by Crippen LogP contribution is 2.32. The number of hydrogen-bond donors (Lipinski definition) is 3. The third-order valence-electron chi connectivity index (χ3n) is 4.91. The molecule has 4 rings (SSSR count). The van der Waals surface area contributed by atoms with E-state index in [0.29, 0.717) is 39.1 Å². The molecule has 8 heteroatoms. The van der Waals surface area contributed by atoms with E-state index in [1.54, 1.807) is 24.4 Å². The number of aromatic hydroxyl groups is 1. The van der Waals surface area contributed by atoms with Crippen molar-refractivity contribution < 1.29 is 24.2 Å². The van der Waals surface area contributed by atoms with Crippen LogP contribution in [0.5, 0.6) is 11.5 Å². The largest absolute Gasteiger partial charge is 0.504 e. The minimum absolute atomic E-state index is 0.0121. The number of hydrogen-bond acceptors (Lipinski definition) is 6. The van der Waals surface area contributed by atoms with Crippen molar-refractivity contribution in [1.29, 1.82) is 0 Å². The molecule has 0 aliphatic heterocycles. The van der Waals surface area contributed by atoms with Gasteiger partial charge in [0.25, 0.3) is 0 Å². The molecule has 158 valence electrons. The number of rotatable bonds is 6. The molecule has 0 aliphatic rings. The number of aliphatic carboxylic acids is 1. The van der Waals surface area contributed by atoms with Crippen LogP contribution in [0.1, 0.15) is 11.3 Å². The molecule has 1 unspecified atom stereocenters. The number of nitrogens with one attached hydrogen (secondary N) is 1.